The van der Waals surface area contributed by atoms with Crippen molar-refractivity contribution in [1.29, 1.82) is 0 Å². The van der Waals surface area contributed by atoms with Gasteiger partial charge in [-0.25, -0.2) is 9.07 Å². The van der Waals surface area contributed by atoms with E-state index in [4.69, 9.17) is 0 Å². The van der Waals surface area contributed by atoms with Gasteiger partial charge in [-0.1, -0.05) is 12.1 Å². The number of nitrogens with zero attached hydrogens (tertiary/aromatic N) is 4. The lowest BCUT2D eigenvalue weighted by molar-refractivity contribution is -0.122. The first-order valence-corrected chi connectivity index (χ1v) is 5.41. The minimum Gasteiger partial charge on any atom is -0.348 e. The number of aromatic nitrogens is 4. The molecule has 0 radical (unpaired) electrons. The molecule has 1 amide bonds. The highest BCUT2D eigenvalue weighted by Gasteiger charge is 2.10. The van der Waals surface area contributed by atoms with Crippen molar-refractivity contribution in [3.63, 3.8) is 0 Å². The molecule has 0 aliphatic carbocycles. The topological polar surface area (TPSA) is 72.7 Å². The molecule has 0 saturated heterocycles. The van der Waals surface area contributed by atoms with Gasteiger partial charge >= 0.3 is 0 Å². The van der Waals surface area contributed by atoms with Crippen molar-refractivity contribution >= 4 is 5.91 Å². The summed E-state index contributed by atoms with van der Waals surface area (Å²) in [5.74, 6) is -0.509. The lowest BCUT2D eigenvalue weighted by Crippen LogP contribution is -2.30. The number of amides is 1. The number of hydrogen-bond donors (Lipinski definition) is 1. The molecule has 0 aliphatic heterocycles. The Morgan fingerprint density at radius 2 is 2.17 bits per heavy atom. The maximum absolute atomic E-state index is 12.8. The molecule has 0 saturated carbocycles. The molecule has 6 nitrogen and oxygen atoms in total. The van der Waals surface area contributed by atoms with Gasteiger partial charge in [0.25, 0.3) is 0 Å². The minimum atomic E-state index is -0.300. The SMILES string of the molecule is C[C@@H](NC(=O)Cn1cnnn1)c1ccc(F)cc1. The summed E-state index contributed by atoms with van der Waals surface area (Å²) < 4.78 is 14.1. The second-order valence-corrected chi connectivity index (χ2v) is 3.85. The lowest BCUT2D eigenvalue weighted by Gasteiger charge is -2.14. The maximum atomic E-state index is 12.8. The van der Waals surface area contributed by atoms with Crippen LogP contribution in [0.25, 0.3) is 0 Å². The zero-order valence-electron chi connectivity index (χ0n) is 9.75. The van der Waals surface area contributed by atoms with Crippen LogP contribution < -0.4 is 5.32 Å². The molecule has 0 aliphatic rings. The highest BCUT2D eigenvalue weighted by atomic mass is 19.1. The predicted molar refractivity (Wildman–Crippen MR) is 60.8 cm³/mol. The predicted octanol–water partition coefficient (Wildman–Crippen LogP) is 0.690. The van der Waals surface area contributed by atoms with Gasteiger partial charge in [0.05, 0.1) is 6.04 Å². The van der Waals surface area contributed by atoms with Gasteiger partial charge < -0.3 is 5.32 Å². The van der Waals surface area contributed by atoms with E-state index >= 15 is 0 Å². The third kappa shape index (κ3) is 3.09. The molecular weight excluding hydrogens is 237 g/mol. The summed E-state index contributed by atoms with van der Waals surface area (Å²) in [4.78, 5) is 11.7. The van der Waals surface area contributed by atoms with E-state index in [0.29, 0.717) is 0 Å². The van der Waals surface area contributed by atoms with Crippen LogP contribution >= 0.6 is 0 Å². The third-order valence-corrected chi connectivity index (χ3v) is 2.44. The molecule has 1 heterocycles. The summed E-state index contributed by atoms with van der Waals surface area (Å²) in [5.41, 5.74) is 0.835. The number of carbonyl (C=O) groups is 1. The number of rotatable bonds is 4. The zero-order chi connectivity index (χ0) is 13.0. The average molecular weight is 249 g/mol. The van der Waals surface area contributed by atoms with Crippen molar-refractivity contribution < 1.29 is 9.18 Å². The van der Waals surface area contributed by atoms with Crippen LogP contribution in [0.5, 0.6) is 0 Å². The highest BCUT2D eigenvalue weighted by molar-refractivity contribution is 5.76. The number of halogens is 1. The second-order valence-electron chi connectivity index (χ2n) is 3.85. The Balaban J connectivity index is 1.92. The normalized spacial score (nSPS) is 12.1. The molecule has 0 fully saturated rings. The fraction of sp³-hybridized carbons (Fsp3) is 0.273. The van der Waals surface area contributed by atoms with Gasteiger partial charge in [-0.15, -0.1) is 5.10 Å². The first-order valence-electron chi connectivity index (χ1n) is 5.41. The van der Waals surface area contributed by atoms with Crippen LogP contribution in [0.4, 0.5) is 4.39 Å². The van der Waals surface area contributed by atoms with Gasteiger partial charge in [0.15, 0.2) is 0 Å². The van der Waals surface area contributed by atoms with Gasteiger partial charge in [0, 0.05) is 0 Å². The fourth-order valence-corrected chi connectivity index (χ4v) is 1.52. The Morgan fingerprint density at radius 1 is 1.44 bits per heavy atom. The largest absolute Gasteiger partial charge is 0.348 e. The van der Waals surface area contributed by atoms with Gasteiger partial charge in [-0.3, -0.25) is 4.79 Å². The van der Waals surface area contributed by atoms with Crippen molar-refractivity contribution in [2.75, 3.05) is 0 Å². The summed E-state index contributed by atoms with van der Waals surface area (Å²) in [7, 11) is 0. The van der Waals surface area contributed by atoms with Crippen LogP contribution in [0.15, 0.2) is 30.6 Å². The van der Waals surface area contributed by atoms with E-state index in [0.717, 1.165) is 5.56 Å². The van der Waals surface area contributed by atoms with Crippen LogP contribution in [-0.4, -0.2) is 26.1 Å². The first-order chi connectivity index (χ1) is 8.65. The van der Waals surface area contributed by atoms with Crippen molar-refractivity contribution in [1.82, 2.24) is 25.5 Å². The molecule has 0 unspecified atom stereocenters. The van der Waals surface area contributed by atoms with Gasteiger partial charge in [-0.05, 0) is 35.0 Å². The van der Waals surface area contributed by atoms with E-state index in [2.05, 4.69) is 20.8 Å². The number of carbonyl (C=O) groups excluding carboxylic acids is 1. The molecule has 2 rings (SSSR count). The molecule has 94 valence electrons. The van der Waals surface area contributed by atoms with Crippen LogP contribution in [0.1, 0.15) is 18.5 Å². The van der Waals surface area contributed by atoms with Crippen molar-refractivity contribution in [2.45, 2.75) is 19.5 Å². The van der Waals surface area contributed by atoms with E-state index in [9.17, 15) is 9.18 Å². The van der Waals surface area contributed by atoms with Gasteiger partial charge in [0.1, 0.15) is 18.7 Å². The first kappa shape index (κ1) is 12.2. The zero-order valence-corrected chi connectivity index (χ0v) is 9.75. The number of nitrogens with one attached hydrogen (secondary N) is 1. The fourth-order valence-electron chi connectivity index (χ4n) is 1.52. The maximum Gasteiger partial charge on any atom is 0.242 e. The van der Waals surface area contributed by atoms with E-state index in [-0.39, 0.29) is 24.3 Å². The Kier molecular flexibility index (Phi) is 3.61. The number of benzene rings is 1. The number of hydrogen-bond acceptors (Lipinski definition) is 4. The summed E-state index contributed by atoms with van der Waals surface area (Å²) in [6.45, 7) is 1.88. The Hall–Kier alpha value is -2.31. The Bertz CT molecular complexity index is 511. The van der Waals surface area contributed by atoms with E-state index in [1.54, 1.807) is 12.1 Å². The standard InChI is InChI=1S/C11H12FN5O/c1-8(9-2-4-10(12)5-3-9)14-11(18)6-17-7-13-15-16-17/h2-5,7-8H,6H2,1H3,(H,14,18)/t8-/m1/s1. The van der Waals surface area contributed by atoms with Crippen molar-refractivity contribution in [3.05, 3.63) is 42.0 Å². The van der Waals surface area contributed by atoms with Crippen molar-refractivity contribution in [2.24, 2.45) is 0 Å². The minimum absolute atomic E-state index is 0.0541. The molecule has 2 aromatic rings. The Morgan fingerprint density at radius 3 is 2.78 bits per heavy atom. The summed E-state index contributed by atoms with van der Waals surface area (Å²) in [5, 5.41) is 13.2. The van der Waals surface area contributed by atoms with Crippen molar-refractivity contribution in [3.8, 4) is 0 Å². The lowest BCUT2D eigenvalue weighted by atomic mass is 10.1. The van der Waals surface area contributed by atoms with Crippen LogP contribution in [0.3, 0.4) is 0 Å². The second kappa shape index (κ2) is 5.35. The molecule has 0 bridgehead atoms. The molecule has 0 spiro atoms. The smallest absolute Gasteiger partial charge is 0.242 e. The highest BCUT2D eigenvalue weighted by Crippen LogP contribution is 2.12. The molecular formula is C11H12FN5O. The summed E-state index contributed by atoms with van der Waals surface area (Å²) in [6, 6.07) is 5.79. The molecule has 1 N–H and O–H groups in total. The van der Waals surface area contributed by atoms with E-state index in [1.807, 2.05) is 6.92 Å². The van der Waals surface area contributed by atoms with Gasteiger partial charge in [0.2, 0.25) is 5.91 Å². The van der Waals surface area contributed by atoms with Crippen LogP contribution in [-0.2, 0) is 11.3 Å². The average Bonchev–Trinajstić information content (AvgIpc) is 2.82. The Labute approximate surface area is 103 Å². The molecule has 1 aromatic carbocycles. The van der Waals surface area contributed by atoms with E-state index < -0.39 is 0 Å². The monoisotopic (exact) mass is 249 g/mol. The molecule has 1 aromatic heterocycles. The van der Waals surface area contributed by atoms with Gasteiger partial charge in [-0.2, -0.15) is 0 Å². The van der Waals surface area contributed by atoms with Crippen LogP contribution in [0, 0.1) is 5.82 Å². The molecule has 1 atom stereocenters. The quantitative estimate of drug-likeness (QED) is 0.865. The summed E-state index contributed by atoms with van der Waals surface area (Å²) >= 11 is 0. The van der Waals surface area contributed by atoms with Crippen LogP contribution in [0.2, 0.25) is 0 Å². The molecule has 7 heteroatoms. The molecule has 18 heavy (non-hydrogen) atoms. The number of tetrazole rings is 1. The van der Waals surface area contributed by atoms with E-state index in [1.165, 1.54) is 23.1 Å². The third-order valence-electron chi connectivity index (χ3n) is 2.44. The summed E-state index contributed by atoms with van der Waals surface area (Å²) in [6.07, 6.45) is 1.36.